The van der Waals surface area contributed by atoms with Crippen molar-refractivity contribution in [2.24, 2.45) is 0 Å². The second-order valence-electron chi connectivity index (χ2n) is 3.34. The van der Waals surface area contributed by atoms with Crippen molar-refractivity contribution in [2.45, 2.75) is 6.10 Å². The first kappa shape index (κ1) is 13.6. The quantitative estimate of drug-likeness (QED) is 0.638. The zero-order valence-electron chi connectivity index (χ0n) is 9.52. The molecule has 1 rings (SSSR count). The van der Waals surface area contributed by atoms with Crippen molar-refractivity contribution < 1.29 is 14.6 Å². The van der Waals surface area contributed by atoms with Crippen LogP contribution < -0.4 is 5.32 Å². The summed E-state index contributed by atoms with van der Waals surface area (Å²) in [7, 11) is 1.65. The second-order valence-corrected chi connectivity index (χ2v) is 4.32. The van der Waals surface area contributed by atoms with E-state index >= 15 is 0 Å². The summed E-state index contributed by atoms with van der Waals surface area (Å²) in [6.07, 6.45) is -0.418. The number of nitrogens with one attached hydrogen (secondary N) is 1. The molecule has 1 heterocycles. The summed E-state index contributed by atoms with van der Waals surface area (Å²) in [6.45, 7) is 3.18. The molecule has 0 aromatic carbocycles. The first-order valence-corrected chi connectivity index (χ1v) is 6.21. The molecule has 0 aliphatic carbocycles. The van der Waals surface area contributed by atoms with Gasteiger partial charge in [-0.05, 0) is 11.4 Å². The highest BCUT2D eigenvalue weighted by Gasteiger charge is 2.06. The summed E-state index contributed by atoms with van der Waals surface area (Å²) in [5, 5.41) is 14.8. The summed E-state index contributed by atoms with van der Waals surface area (Å²) in [5.41, 5.74) is 0. The van der Waals surface area contributed by atoms with Crippen LogP contribution in [-0.4, -0.2) is 45.1 Å². The van der Waals surface area contributed by atoms with Gasteiger partial charge in [-0.15, -0.1) is 11.3 Å². The zero-order chi connectivity index (χ0) is 11.6. The second kappa shape index (κ2) is 8.66. The maximum Gasteiger partial charge on any atom is 0.101 e. The SMILES string of the molecule is COCCOCCNCC(O)c1cccs1. The smallest absolute Gasteiger partial charge is 0.101 e. The maximum absolute atomic E-state index is 9.74. The van der Waals surface area contributed by atoms with E-state index in [0.29, 0.717) is 26.4 Å². The molecule has 1 aromatic heterocycles. The Morgan fingerprint density at radius 3 is 3.00 bits per heavy atom. The van der Waals surface area contributed by atoms with Gasteiger partial charge >= 0.3 is 0 Å². The Kier molecular flexibility index (Phi) is 7.37. The standard InChI is InChI=1S/C11H19NO3S/c1-14-6-7-15-5-4-12-9-10(13)11-3-2-8-16-11/h2-3,8,10,12-13H,4-7,9H2,1H3. The molecule has 0 saturated heterocycles. The van der Waals surface area contributed by atoms with Crippen LogP contribution in [0.3, 0.4) is 0 Å². The first-order valence-electron chi connectivity index (χ1n) is 5.33. The molecule has 1 unspecified atom stereocenters. The minimum absolute atomic E-state index is 0.418. The Labute approximate surface area is 100 Å². The molecule has 1 aromatic rings. The molecule has 0 bridgehead atoms. The molecular weight excluding hydrogens is 226 g/mol. The molecule has 2 N–H and O–H groups in total. The Balaban J connectivity index is 1.95. The van der Waals surface area contributed by atoms with Gasteiger partial charge in [-0.3, -0.25) is 0 Å². The van der Waals surface area contributed by atoms with E-state index in [4.69, 9.17) is 9.47 Å². The van der Waals surface area contributed by atoms with Crippen LogP contribution in [0.4, 0.5) is 0 Å². The monoisotopic (exact) mass is 245 g/mol. The van der Waals surface area contributed by atoms with Crippen LogP contribution in [0.2, 0.25) is 0 Å². The lowest BCUT2D eigenvalue weighted by atomic mass is 10.3. The summed E-state index contributed by atoms with van der Waals surface area (Å²) in [4.78, 5) is 0.993. The number of hydrogen-bond acceptors (Lipinski definition) is 5. The molecule has 0 spiro atoms. The number of thiophene rings is 1. The van der Waals surface area contributed by atoms with E-state index in [9.17, 15) is 5.11 Å². The van der Waals surface area contributed by atoms with Crippen LogP contribution in [0, 0.1) is 0 Å². The number of aliphatic hydroxyl groups is 1. The normalized spacial score (nSPS) is 12.9. The Hall–Kier alpha value is -0.460. The van der Waals surface area contributed by atoms with Gasteiger partial charge in [-0.1, -0.05) is 6.07 Å². The predicted molar refractivity (Wildman–Crippen MR) is 64.8 cm³/mol. The van der Waals surface area contributed by atoms with Gasteiger partial charge in [0.15, 0.2) is 0 Å². The van der Waals surface area contributed by atoms with E-state index in [-0.39, 0.29) is 0 Å². The molecule has 0 aliphatic rings. The summed E-state index contributed by atoms with van der Waals surface area (Å²) in [6, 6.07) is 3.88. The number of methoxy groups -OCH3 is 1. The third-order valence-corrected chi connectivity index (χ3v) is 3.04. The van der Waals surface area contributed by atoms with Crippen molar-refractivity contribution in [3.8, 4) is 0 Å². The number of rotatable bonds is 9. The molecule has 0 saturated carbocycles. The lowest BCUT2D eigenvalue weighted by Gasteiger charge is -2.10. The van der Waals surface area contributed by atoms with Crippen molar-refractivity contribution in [2.75, 3.05) is 40.0 Å². The summed E-state index contributed by atoms with van der Waals surface area (Å²) >= 11 is 1.57. The van der Waals surface area contributed by atoms with E-state index in [1.165, 1.54) is 0 Å². The van der Waals surface area contributed by atoms with Crippen molar-refractivity contribution in [3.05, 3.63) is 22.4 Å². The predicted octanol–water partition coefficient (Wildman–Crippen LogP) is 1.03. The van der Waals surface area contributed by atoms with Crippen LogP contribution in [0.1, 0.15) is 11.0 Å². The van der Waals surface area contributed by atoms with Crippen LogP contribution >= 0.6 is 11.3 Å². The summed E-state index contributed by atoms with van der Waals surface area (Å²) in [5.74, 6) is 0. The molecule has 16 heavy (non-hydrogen) atoms. The van der Waals surface area contributed by atoms with Gasteiger partial charge in [0.05, 0.1) is 19.8 Å². The molecule has 0 radical (unpaired) electrons. The molecule has 5 heteroatoms. The number of ether oxygens (including phenoxy) is 2. The average molecular weight is 245 g/mol. The minimum Gasteiger partial charge on any atom is -0.386 e. The third-order valence-electron chi connectivity index (χ3n) is 2.06. The van der Waals surface area contributed by atoms with Crippen molar-refractivity contribution >= 4 is 11.3 Å². The highest BCUT2D eigenvalue weighted by molar-refractivity contribution is 7.10. The van der Waals surface area contributed by atoms with E-state index in [0.717, 1.165) is 11.4 Å². The zero-order valence-corrected chi connectivity index (χ0v) is 10.3. The van der Waals surface area contributed by atoms with Crippen molar-refractivity contribution in [1.29, 1.82) is 0 Å². The Morgan fingerprint density at radius 2 is 2.31 bits per heavy atom. The molecule has 0 aliphatic heterocycles. The Morgan fingerprint density at radius 1 is 1.44 bits per heavy atom. The van der Waals surface area contributed by atoms with Gasteiger partial charge in [0.2, 0.25) is 0 Å². The van der Waals surface area contributed by atoms with Crippen LogP contribution in [0.5, 0.6) is 0 Å². The average Bonchev–Trinajstić information content (AvgIpc) is 2.81. The van der Waals surface area contributed by atoms with Gasteiger partial charge in [-0.2, -0.15) is 0 Å². The van der Waals surface area contributed by atoms with Gasteiger partial charge in [-0.25, -0.2) is 0 Å². The molecule has 4 nitrogen and oxygen atoms in total. The molecule has 1 atom stereocenters. The number of hydrogen-bond donors (Lipinski definition) is 2. The lowest BCUT2D eigenvalue weighted by molar-refractivity contribution is 0.0704. The van der Waals surface area contributed by atoms with Gasteiger partial charge in [0, 0.05) is 25.1 Å². The fraction of sp³-hybridized carbons (Fsp3) is 0.636. The van der Waals surface area contributed by atoms with E-state index in [1.807, 2.05) is 17.5 Å². The Bertz CT molecular complexity index is 254. The number of aliphatic hydroxyl groups excluding tert-OH is 1. The third kappa shape index (κ3) is 5.58. The highest BCUT2D eigenvalue weighted by Crippen LogP contribution is 2.17. The minimum atomic E-state index is -0.418. The largest absolute Gasteiger partial charge is 0.386 e. The fourth-order valence-corrected chi connectivity index (χ4v) is 1.92. The summed E-state index contributed by atoms with van der Waals surface area (Å²) < 4.78 is 10.1. The van der Waals surface area contributed by atoms with Gasteiger partial charge in [0.25, 0.3) is 0 Å². The van der Waals surface area contributed by atoms with Crippen molar-refractivity contribution in [3.63, 3.8) is 0 Å². The fourth-order valence-electron chi connectivity index (χ4n) is 1.21. The first-order chi connectivity index (χ1) is 7.84. The topological polar surface area (TPSA) is 50.7 Å². The molecule has 92 valence electrons. The van der Waals surface area contributed by atoms with Crippen molar-refractivity contribution in [1.82, 2.24) is 5.32 Å². The van der Waals surface area contributed by atoms with Crippen LogP contribution in [-0.2, 0) is 9.47 Å². The van der Waals surface area contributed by atoms with E-state index < -0.39 is 6.10 Å². The highest BCUT2D eigenvalue weighted by atomic mass is 32.1. The lowest BCUT2D eigenvalue weighted by Crippen LogP contribution is -2.25. The van der Waals surface area contributed by atoms with Crippen LogP contribution in [0.25, 0.3) is 0 Å². The maximum atomic E-state index is 9.74. The van der Waals surface area contributed by atoms with E-state index in [2.05, 4.69) is 5.32 Å². The van der Waals surface area contributed by atoms with Gasteiger partial charge < -0.3 is 19.9 Å². The molecule has 0 fully saturated rings. The molecular formula is C11H19NO3S. The van der Waals surface area contributed by atoms with E-state index in [1.54, 1.807) is 18.4 Å². The molecule has 0 amide bonds. The van der Waals surface area contributed by atoms with Gasteiger partial charge in [0.1, 0.15) is 6.10 Å². The van der Waals surface area contributed by atoms with Crippen LogP contribution in [0.15, 0.2) is 17.5 Å².